The first-order valence-corrected chi connectivity index (χ1v) is 7.32. The van der Waals surface area contributed by atoms with Crippen LogP contribution in [0.15, 0.2) is 37.2 Å². The van der Waals surface area contributed by atoms with E-state index in [9.17, 15) is 4.79 Å². The second kappa shape index (κ2) is 7.98. The maximum atomic E-state index is 12.3. The molecule has 0 aliphatic rings. The van der Waals surface area contributed by atoms with Crippen molar-refractivity contribution < 1.29 is 14.3 Å². The van der Waals surface area contributed by atoms with Gasteiger partial charge in [-0.25, -0.2) is 4.98 Å². The van der Waals surface area contributed by atoms with Gasteiger partial charge < -0.3 is 14.8 Å². The van der Waals surface area contributed by atoms with E-state index in [4.69, 9.17) is 9.47 Å². The fraction of sp³-hybridized carbons (Fsp3) is 0.312. The number of carbonyl (C=O) groups is 1. The minimum absolute atomic E-state index is 0.231. The monoisotopic (exact) mass is 316 g/mol. The minimum Gasteiger partial charge on any atom is -0.490 e. The molecule has 0 radical (unpaired) electrons. The van der Waals surface area contributed by atoms with Crippen LogP contribution in [0.2, 0.25) is 0 Å². The van der Waals surface area contributed by atoms with Crippen LogP contribution in [0.25, 0.3) is 0 Å². The lowest BCUT2D eigenvalue weighted by Crippen LogP contribution is -2.27. The minimum atomic E-state index is -0.280. The summed E-state index contributed by atoms with van der Waals surface area (Å²) >= 11 is 0. The van der Waals surface area contributed by atoms with E-state index in [-0.39, 0.29) is 11.9 Å². The fourth-order valence-corrected chi connectivity index (χ4v) is 1.96. The normalized spacial score (nSPS) is 11.6. The van der Waals surface area contributed by atoms with Crippen molar-refractivity contribution in [2.75, 3.05) is 13.2 Å². The second-order valence-corrected chi connectivity index (χ2v) is 4.76. The molecule has 0 bridgehead atoms. The number of amides is 1. The van der Waals surface area contributed by atoms with Crippen LogP contribution in [0.5, 0.6) is 11.5 Å². The van der Waals surface area contributed by atoms with E-state index in [0.717, 1.165) is 0 Å². The zero-order valence-corrected chi connectivity index (χ0v) is 13.2. The Labute approximate surface area is 134 Å². The van der Waals surface area contributed by atoms with Gasteiger partial charge in [-0.05, 0) is 32.0 Å². The van der Waals surface area contributed by atoms with Crippen LogP contribution in [0.4, 0.5) is 0 Å². The zero-order valence-electron chi connectivity index (χ0n) is 13.2. The SMILES string of the molecule is C=CCOc1ccc(C(=O)NC(C)c2ncn[nH]2)cc1OCC. The Kier molecular flexibility index (Phi) is 5.74. The van der Waals surface area contributed by atoms with Gasteiger partial charge in [0, 0.05) is 5.56 Å². The summed E-state index contributed by atoms with van der Waals surface area (Å²) in [4.78, 5) is 16.4. The van der Waals surface area contributed by atoms with Crippen molar-refractivity contribution in [3.63, 3.8) is 0 Å². The number of nitrogens with one attached hydrogen (secondary N) is 2. The number of benzene rings is 1. The Balaban J connectivity index is 2.13. The molecule has 2 aromatic rings. The topological polar surface area (TPSA) is 89.1 Å². The van der Waals surface area contributed by atoms with Crippen molar-refractivity contribution in [1.82, 2.24) is 20.5 Å². The molecule has 0 aliphatic carbocycles. The van der Waals surface area contributed by atoms with Gasteiger partial charge in [-0.15, -0.1) is 0 Å². The summed E-state index contributed by atoms with van der Waals surface area (Å²) in [5, 5.41) is 9.34. The molecule has 1 unspecified atom stereocenters. The molecule has 1 amide bonds. The van der Waals surface area contributed by atoms with Crippen LogP contribution >= 0.6 is 0 Å². The Bertz CT molecular complexity index is 655. The van der Waals surface area contributed by atoms with E-state index in [1.165, 1.54) is 6.33 Å². The molecule has 1 aromatic carbocycles. The highest BCUT2D eigenvalue weighted by atomic mass is 16.5. The smallest absolute Gasteiger partial charge is 0.252 e. The molecule has 2 rings (SSSR count). The molecule has 0 spiro atoms. The quantitative estimate of drug-likeness (QED) is 0.729. The van der Waals surface area contributed by atoms with Crippen molar-refractivity contribution in [3.05, 3.63) is 48.6 Å². The predicted octanol–water partition coefficient (Wildman–Crippen LogP) is 2.26. The predicted molar refractivity (Wildman–Crippen MR) is 85.6 cm³/mol. The van der Waals surface area contributed by atoms with E-state index in [2.05, 4.69) is 27.1 Å². The number of hydrogen-bond donors (Lipinski definition) is 2. The number of aromatic nitrogens is 3. The number of carbonyl (C=O) groups excluding carboxylic acids is 1. The lowest BCUT2D eigenvalue weighted by atomic mass is 10.1. The molecule has 7 heteroatoms. The number of aromatic amines is 1. The van der Waals surface area contributed by atoms with Gasteiger partial charge in [0.15, 0.2) is 11.5 Å². The molecule has 2 N–H and O–H groups in total. The molecule has 7 nitrogen and oxygen atoms in total. The number of hydrogen-bond acceptors (Lipinski definition) is 5. The summed E-state index contributed by atoms with van der Waals surface area (Å²) in [7, 11) is 0. The molecular weight excluding hydrogens is 296 g/mol. The molecule has 122 valence electrons. The molecule has 1 heterocycles. The van der Waals surface area contributed by atoms with Gasteiger partial charge in [-0.2, -0.15) is 5.10 Å². The first-order valence-electron chi connectivity index (χ1n) is 7.32. The van der Waals surface area contributed by atoms with Crippen LogP contribution in [-0.4, -0.2) is 34.3 Å². The van der Waals surface area contributed by atoms with Gasteiger partial charge in [0.25, 0.3) is 5.91 Å². The molecule has 0 saturated carbocycles. The van der Waals surface area contributed by atoms with Crippen molar-refractivity contribution in [2.24, 2.45) is 0 Å². The summed E-state index contributed by atoms with van der Waals surface area (Å²) in [6.45, 7) is 8.15. The first-order chi connectivity index (χ1) is 11.2. The molecule has 0 fully saturated rings. The van der Waals surface area contributed by atoms with Crippen LogP contribution in [0.1, 0.15) is 36.1 Å². The first kappa shape index (κ1) is 16.5. The number of nitrogens with zero attached hydrogens (tertiary/aromatic N) is 2. The van der Waals surface area contributed by atoms with Gasteiger partial charge in [0.1, 0.15) is 18.8 Å². The highest BCUT2D eigenvalue weighted by Gasteiger charge is 2.15. The fourth-order valence-electron chi connectivity index (χ4n) is 1.96. The molecule has 0 aliphatic heterocycles. The Morgan fingerprint density at radius 1 is 1.43 bits per heavy atom. The van der Waals surface area contributed by atoms with Crippen LogP contribution in [-0.2, 0) is 0 Å². The third kappa shape index (κ3) is 4.32. The second-order valence-electron chi connectivity index (χ2n) is 4.76. The average molecular weight is 316 g/mol. The lowest BCUT2D eigenvalue weighted by Gasteiger charge is -2.14. The van der Waals surface area contributed by atoms with Gasteiger partial charge in [0.05, 0.1) is 12.6 Å². The Morgan fingerprint density at radius 3 is 2.91 bits per heavy atom. The highest BCUT2D eigenvalue weighted by molar-refractivity contribution is 5.95. The molecule has 0 saturated heterocycles. The number of rotatable bonds is 8. The third-order valence-electron chi connectivity index (χ3n) is 3.05. The van der Waals surface area contributed by atoms with Crippen LogP contribution < -0.4 is 14.8 Å². The summed E-state index contributed by atoms with van der Waals surface area (Å²) in [5.41, 5.74) is 0.478. The maximum Gasteiger partial charge on any atom is 0.252 e. The molecule has 23 heavy (non-hydrogen) atoms. The summed E-state index contributed by atoms with van der Waals surface area (Å²) in [6.07, 6.45) is 3.05. The highest BCUT2D eigenvalue weighted by Crippen LogP contribution is 2.28. The van der Waals surface area contributed by atoms with Crippen LogP contribution in [0, 0.1) is 0 Å². The number of H-pyrrole nitrogens is 1. The van der Waals surface area contributed by atoms with Gasteiger partial charge >= 0.3 is 0 Å². The van der Waals surface area contributed by atoms with Gasteiger partial charge in [-0.1, -0.05) is 12.7 Å². The molecule has 1 atom stereocenters. The van der Waals surface area contributed by atoms with Crippen molar-refractivity contribution in [2.45, 2.75) is 19.9 Å². The third-order valence-corrected chi connectivity index (χ3v) is 3.05. The van der Waals surface area contributed by atoms with Gasteiger partial charge in [0.2, 0.25) is 0 Å². The average Bonchev–Trinajstić information content (AvgIpc) is 3.08. The molecular formula is C16H20N4O3. The maximum absolute atomic E-state index is 12.3. The van der Waals surface area contributed by atoms with Crippen LogP contribution in [0.3, 0.4) is 0 Å². The largest absolute Gasteiger partial charge is 0.490 e. The standard InChI is InChI=1S/C16H20N4O3/c1-4-8-23-13-7-6-12(9-14(13)22-5-2)16(21)19-11(3)15-17-10-18-20-15/h4,6-7,9-11H,1,5,8H2,2-3H3,(H,19,21)(H,17,18,20). The van der Waals surface area contributed by atoms with E-state index < -0.39 is 0 Å². The Morgan fingerprint density at radius 2 is 2.26 bits per heavy atom. The number of ether oxygens (including phenoxy) is 2. The van der Waals surface area contributed by atoms with Crippen molar-refractivity contribution in [1.29, 1.82) is 0 Å². The summed E-state index contributed by atoms with van der Waals surface area (Å²) < 4.78 is 11.0. The summed E-state index contributed by atoms with van der Waals surface area (Å²) in [5.74, 6) is 1.46. The van der Waals surface area contributed by atoms with Crippen molar-refractivity contribution >= 4 is 5.91 Å². The Hall–Kier alpha value is -2.83. The summed E-state index contributed by atoms with van der Waals surface area (Å²) in [6, 6.07) is 4.77. The van der Waals surface area contributed by atoms with E-state index in [0.29, 0.717) is 36.1 Å². The van der Waals surface area contributed by atoms with Crippen molar-refractivity contribution in [3.8, 4) is 11.5 Å². The zero-order chi connectivity index (χ0) is 16.7. The van der Waals surface area contributed by atoms with E-state index in [1.807, 2.05) is 13.8 Å². The lowest BCUT2D eigenvalue weighted by molar-refractivity contribution is 0.0938. The molecule has 1 aromatic heterocycles. The van der Waals surface area contributed by atoms with E-state index in [1.54, 1.807) is 24.3 Å². The van der Waals surface area contributed by atoms with Gasteiger partial charge in [-0.3, -0.25) is 9.89 Å². The van der Waals surface area contributed by atoms with E-state index >= 15 is 0 Å².